The van der Waals surface area contributed by atoms with E-state index >= 15 is 0 Å². The van der Waals surface area contributed by atoms with E-state index in [1.807, 2.05) is 0 Å². The second kappa shape index (κ2) is 8.61. The van der Waals surface area contributed by atoms with Crippen LogP contribution in [0.15, 0.2) is 34.4 Å². The van der Waals surface area contributed by atoms with Crippen molar-refractivity contribution in [1.29, 1.82) is 0 Å². The molecule has 11 nitrogen and oxygen atoms in total. The van der Waals surface area contributed by atoms with Crippen LogP contribution in [0.2, 0.25) is 0 Å². The zero-order valence-electron chi connectivity index (χ0n) is 16.1. The first-order chi connectivity index (χ1) is 14.2. The van der Waals surface area contributed by atoms with E-state index in [0.29, 0.717) is 5.57 Å². The van der Waals surface area contributed by atoms with E-state index in [4.69, 9.17) is 9.47 Å². The van der Waals surface area contributed by atoms with Crippen molar-refractivity contribution in [2.24, 2.45) is 0 Å². The van der Waals surface area contributed by atoms with E-state index in [1.54, 1.807) is 6.07 Å². The second-order valence-corrected chi connectivity index (χ2v) is 7.61. The van der Waals surface area contributed by atoms with Gasteiger partial charge in [-0.15, -0.1) is 11.8 Å². The van der Waals surface area contributed by atoms with Gasteiger partial charge < -0.3 is 24.5 Å². The van der Waals surface area contributed by atoms with Crippen LogP contribution in [0, 0.1) is 0 Å². The van der Waals surface area contributed by atoms with Gasteiger partial charge >= 0.3 is 11.9 Å². The van der Waals surface area contributed by atoms with Crippen LogP contribution in [-0.2, 0) is 30.5 Å². The largest absolute Gasteiger partial charge is 0.491 e. The number of nitrogens with zero attached hydrogens (tertiary/aromatic N) is 2. The van der Waals surface area contributed by atoms with Gasteiger partial charge in [0.2, 0.25) is 5.91 Å². The number of amides is 2. The van der Waals surface area contributed by atoms with Crippen molar-refractivity contribution < 1.29 is 33.8 Å². The number of carboxylic acid groups (broad SMARTS) is 1. The van der Waals surface area contributed by atoms with Crippen LogP contribution in [-0.4, -0.2) is 69.2 Å². The SMILES string of the molecule is COc1cccn(CC(=O)N[C@@H]2C(=O)N3C(C(=O)O)=C(COC(C)=O)CS[C@H]23)c1=O. The Morgan fingerprint density at radius 1 is 1.33 bits per heavy atom. The van der Waals surface area contributed by atoms with Crippen molar-refractivity contribution in [2.45, 2.75) is 24.9 Å². The molecular weight excluding hydrogens is 418 g/mol. The number of carbonyl (C=O) groups excluding carboxylic acids is 3. The van der Waals surface area contributed by atoms with Crippen molar-refractivity contribution in [2.75, 3.05) is 19.5 Å². The van der Waals surface area contributed by atoms with E-state index in [2.05, 4.69) is 5.32 Å². The average molecular weight is 437 g/mol. The minimum atomic E-state index is -1.32. The Bertz CT molecular complexity index is 1000. The number of aliphatic carboxylic acids is 1. The molecule has 12 heteroatoms. The van der Waals surface area contributed by atoms with E-state index in [1.165, 1.54) is 38.1 Å². The van der Waals surface area contributed by atoms with Gasteiger partial charge in [-0.1, -0.05) is 0 Å². The van der Waals surface area contributed by atoms with Crippen LogP contribution in [0.4, 0.5) is 0 Å². The third-order valence-electron chi connectivity index (χ3n) is 4.54. The molecule has 0 unspecified atom stereocenters. The highest BCUT2D eigenvalue weighted by Gasteiger charge is 2.54. The number of hydrogen-bond acceptors (Lipinski definition) is 8. The molecule has 0 radical (unpaired) electrons. The Hall–Kier alpha value is -3.28. The molecule has 0 aliphatic carbocycles. The summed E-state index contributed by atoms with van der Waals surface area (Å²) in [5, 5.41) is 11.5. The van der Waals surface area contributed by atoms with Gasteiger partial charge in [-0.3, -0.25) is 24.1 Å². The average Bonchev–Trinajstić information content (AvgIpc) is 2.71. The number of pyridine rings is 1. The molecule has 3 rings (SSSR count). The molecule has 30 heavy (non-hydrogen) atoms. The summed E-state index contributed by atoms with van der Waals surface area (Å²) in [6.45, 7) is 0.653. The van der Waals surface area contributed by atoms with Crippen molar-refractivity contribution in [3.8, 4) is 5.75 Å². The standard InChI is InChI=1S/C18H19N3O8S/c1-9(22)29-7-10-8-30-17-13(16(25)21(17)14(10)18(26)27)19-12(23)6-20-5-3-4-11(28-2)15(20)24/h3-5,13,17H,6-8H2,1-2H3,(H,19,23)(H,26,27)/t13-,17-/m1/s1. The second-order valence-electron chi connectivity index (χ2n) is 6.50. The predicted octanol–water partition coefficient (Wildman–Crippen LogP) is -0.841. The lowest BCUT2D eigenvalue weighted by molar-refractivity contribution is -0.151. The van der Waals surface area contributed by atoms with Gasteiger partial charge in [-0.05, 0) is 12.1 Å². The number of esters is 1. The lowest BCUT2D eigenvalue weighted by Gasteiger charge is -2.49. The number of aromatic nitrogens is 1. The summed E-state index contributed by atoms with van der Waals surface area (Å²) < 4.78 is 10.9. The molecule has 2 atom stereocenters. The van der Waals surface area contributed by atoms with Crippen molar-refractivity contribution in [3.05, 3.63) is 40.0 Å². The van der Waals surface area contributed by atoms with Gasteiger partial charge in [-0.2, -0.15) is 0 Å². The van der Waals surface area contributed by atoms with Crippen molar-refractivity contribution >= 4 is 35.5 Å². The molecule has 2 aliphatic heterocycles. The maximum Gasteiger partial charge on any atom is 0.352 e. The number of β-lactam (4-membered cyclic amide) rings is 1. The maximum atomic E-state index is 12.6. The van der Waals surface area contributed by atoms with Crippen LogP contribution in [0.3, 0.4) is 0 Å². The summed E-state index contributed by atoms with van der Waals surface area (Å²) in [5.74, 6) is -2.73. The fourth-order valence-electron chi connectivity index (χ4n) is 3.15. The lowest BCUT2D eigenvalue weighted by Crippen LogP contribution is -2.70. The highest BCUT2D eigenvalue weighted by atomic mass is 32.2. The van der Waals surface area contributed by atoms with Crippen molar-refractivity contribution in [3.63, 3.8) is 0 Å². The first-order valence-corrected chi connectivity index (χ1v) is 9.85. The molecule has 1 fully saturated rings. The number of ether oxygens (including phenoxy) is 2. The Labute approximate surface area is 174 Å². The van der Waals surface area contributed by atoms with E-state index < -0.39 is 40.7 Å². The Kier molecular flexibility index (Phi) is 6.15. The molecular formula is C18H19N3O8S. The van der Waals surface area contributed by atoms with Crippen molar-refractivity contribution in [1.82, 2.24) is 14.8 Å². The van der Waals surface area contributed by atoms with Crippen LogP contribution < -0.4 is 15.6 Å². The fourth-order valence-corrected chi connectivity index (χ4v) is 4.48. The van der Waals surface area contributed by atoms with E-state index in [9.17, 15) is 29.1 Å². The molecule has 0 bridgehead atoms. The van der Waals surface area contributed by atoms with Gasteiger partial charge in [0, 0.05) is 24.4 Å². The summed E-state index contributed by atoms with van der Waals surface area (Å²) in [6, 6.07) is 2.10. The quantitative estimate of drug-likeness (QED) is 0.412. The summed E-state index contributed by atoms with van der Waals surface area (Å²) in [6.07, 6.45) is 1.42. The number of hydrogen-bond donors (Lipinski definition) is 2. The fraction of sp³-hybridized carbons (Fsp3) is 0.389. The number of fused-ring (bicyclic) bond motifs is 1. The first kappa shape index (κ1) is 21.4. The van der Waals surface area contributed by atoms with Gasteiger partial charge in [0.1, 0.15) is 30.3 Å². The van der Waals surface area contributed by atoms with Gasteiger partial charge in [0.15, 0.2) is 5.75 Å². The summed E-state index contributed by atoms with van der Waals surface area (Å²) in [7, 11) is 1.34. The molecule has 1 saturated heterocycles. The van der Waals surface area contributed by atoms with Gasteiger partial charge in [0.05, 0.1) is 7.11 Å². The van der Waals surface area contributed by atoms with Gasteiger partial charge in [0.25, 0.3) is 11.5 Å². The summed E-state index contributed by atoms with van der Waals surface area (Å²) in [4.78, 5) is 60.8. The van der Waals surface area contributed by atoms with Crippen LogP contribution >= 0.6 is 11.8 Å². The van der Waals surface area contributed by atoms with Gasteiger partial charge in [-0.25, -0.2) is 4.79 Å². The highest BCUT2D eigenvalue weighted by Crippen LogP contribution is 2.40. The van der Waals surface area contributed by atoms with Crippen LogP contribution in [0.1, 0.15) is 6.92 Å². The molecule has 2 N–H and O–H groups in total. The Morgan fingerprint density at radius 3 is 2.70 bits per heavy atom. The predicted molar refractivity (Wildman–Crippen MR) is 104 cm³/mol. The van der Waals surface area contributed by atoms with E-state index in [0.717, 1.165) is 9.47 Å². The van der Waals surface area contributed by atoms with E-state index in [-0.39, 0.29) is 30.4 Å². The smallest absolute Gasteiger partial charge is 0.352 e. The molecule has 2 aliphatic rings. The molecule has 3 heterocycles. The zero-order chi connectivity index (χ0) is 22.0. The molecule has 1 aromatic rings. The van der Waals surface area contributed by atoms with Crippen LogP contribution in [0.5, 0.6) is 5.75 Å². The normalized spacial score (nSPS) is 20.2. The highest BCUT2D eigenvalue weighted by molar-refractivity contribution is 8.00. The summed E-state index contributed by atoms with van der Waals surface area (Å²) in [5.41, 5.74) is -0.422. The Morgan fingerprint density at radius 2 is 2.07 bits per heavy atom. The minimum absolute atomic E-state index is 0.0792. The Balaban J connectivity index is 1.70. The molecule has 0 spiro atoms. The topological polar surface area (TPSA) is 144 Å². The third kappa shape index (κ3) is 4.03. The molecule has 1 aromatic heterocycles. The zero-order valence-corrected chi connectivity index (χ0v) is 16.9. The third-order valence-corrected chi connectivity index (χ3v) is 5.87. The molecule has 2 amide bonds. The number of nitrogens with one attached hydrogen (secondary N) is 1. The maximum absolute atomic E-state index is 12.6. The van der Waals surface area contributed by atoms with Crippen LogP contribution in [0.25, 0.3) is 0 Å². The summed E-state index contributed by atoms with van der Waals surface area (Å²) >= 11 is 1.25. The monoisotopic (exact) mass is 437 g/mol. The lowest BCUT2D eigenvalue weighted by atomic mass is 10.0. The molecule has 160 valence electrons. The first-order valence-electron chi connectivity index (χ1n) is 8.80. The number of thioether (sulfide) groups is 1. The number of carboxylic acids is 1. The molecule has 0 aromatic carbocycles. The number of methoxy groups -OCH3 is 1. The molecule has 0 saturated carbocycles. The number of carbonyl (C=O) groups is 4. The number of rotatable bonds is 7. The minimum Gasteiger partial charge on any atom is -0.491 e.